The Morgan fingerprint density at radius 3 is 2.63 bits per heavy atom. The van der Waals surface area contributed by atoms with Gasteiger partial charge in [-0.1, -0.05) is 11.8 Å². The van der Waals surface area contributed by atoms with Gasteiger partial charge in [0.25, 0.3) is 0 Å². The van der Waals surface area contributed by atoms with E-state index in [9.17, 15) is 4.79 Å². The van der Waals surface area contributed by atoms with Gasteiger partial charge in [0.2, 0.25) is 0 Å². The van der Waals surface area contributed by atoms with E-state index in [0.29, 0.717) is 11.8 Å². The molecule has 140 valence electrons. The van der Waals surface area contributed by atoms with Crippen LogP contribution in [0.2, 0.25) is 0 Å². The third-order valence-electron chi connectivity index (χ3n) is 5.00. The number of nitrogens with zero attached hydrogens (tertiary/aromatic N) is 5. The van der Waals surface area contributed by atoms with E-state index in [4.69, 9.17) is 0 Å². The second kappa shape index (κ2) is 7.31. The summed E-state index contributed by atoms with van der Waals surface area (Å²) in [7, 11) is 0. The Bertz CT molecular complexity index is 972. The van der Waals surface area contributed by atoms with E-state index in [1.807, 2.05) is 22.8 Å². The average Bonchev–Trinajstić information content (AvgIpc) is 3.35. The molecule has 0 spiro atoms. The van der Waals surface area contributed by atoms with Crippen molar-refractivity contribution in [3.63, 3.8) is 0 Å². The van der Waals surface area contributed by atoms with E-state index < -0.39 is 0 Å². The van der Waals surface area contributed by atoms with Crippen molar-refractivity contribution in [1.29, 1.82) is 0 Å². The Hall–Kier alpha value is -2.41. The summed E-state index contributed by atoms with van der Waals surface area (Å²) in [6.07, 6.45) is 5.93. The van der Waals surface area contributed by atoms with Gasteiger partial charge in [-0.05, 0) is 51.8 Å². The van der Waals surface area contributed by atoms with Gasteiger partial charge in [0.15, 0.2) is 16.8 Å². The second-order valence-corrected chi connectivity index (χ2v) is 7.83. The van der Waals surface area contributed by atoms with Crippen LogP contribution in [0.3, 0.4) is 0 Å². The molecule has 0 saturated heterocycles. The predicted molar refractivity (Wildman–Crippen MR) is 106 cm³/mol. The Morgan fingerprint density at radius 2 is 1.96 bits per heavy atom. The minimum atomic E-state index is 0.149. The molecule has 1 saturated carbocycles. The first kappa shape index (κ1) is 18.0. The minimum Gasteiger partial charge on any atom is -0.345 e. The van der Waals surface area contributed by atoms with E-state index in [2.05, 4.69) is 40.5 Å². The molecule has 3 heterocycles. The quantitative estimate of drug-likeness (QED) is 0.456. The molecular formula is C20H23N5OS. The van der Waals surface area contributed by atoms with Crippen LogP contribution in [0, 0.1) is 13.8 Å². The van der Waals surface area contributed by atoms with Crippen LogP contribution in [0.1, 0.15) is 47.6 Å². The highest BCUT2D eigenvalue weighted by atomic mass is 32.2. The van der Waals surface area contributed by atoms with Crippen LogP contribution in [0.15, 0.2) is 35.7 Å². The lowest BCUT2D eigenvalue weighted by Crippen LogP contribution is -2.07. The molecule has 0 amide bonds. The fraction of sp³-hybridized carbons (Fsp3) is 0.400. The lowest BCUT2D eigenvalue weighted by molar-refractivity contribution is 0.102. The molecule has 7 heteroatoms. The summed E-state index contributed by atoms with van der Waals surface area (Å²) in [6.45, 7) is 6.95. The van der Waals surface area contributed by atoms with Crippen molar-refractivity contribution in [2.45, 2.75) is 51.4 Å². The molecule has 3 aromatic heterocycles. The molecular weight excluding hydrogens is 358 g/mol. The molecule has 6 nitrogen and oxygen atoms in total. The van der Waals surface area contributed by atoms with Gasteiger partial charge in [-0.3, -0.25) is 9.78 Å². The lowest BCUT2D eigenvalue weighted by Gasteiger charge is -2.08. The number of carbonyl (C=O) groups is 1. The average molecular weight is 382 g/mol. The molecule has 0 aromatic carbocycles. The molecule has 1 aliphatic carbocycles. The normalized spacial score (nSPS) is 13.9. The Kier molecular flexibility index (Phi) is 4.86. The van der Waals surface area contributed by atoms with Crippen LogP contribution in [-0.2, 0) is 6.54 Å². The number of pyridine rings is 1. The molecule has 0 radical (unpaired) electrons. The summed E-state index contributed by atoms with van der Waals surface area (Å²) in [5, 5.41) is 9.41. The molecule has 27 heavy (non-hydrogen) atoms. The number of ketones is 1. The number of Topliss-reactive ketones (excluding diaryl/α,β-unsaturated/α-hetero) is 1. The summed E-state index contributed by atoms with van der Waals surface area (Å²) in [5.74, 6) is 1.32. The number of aryl methyl sites for hydroxylation is 1. The van der Waals surface area contributed by atoms with Crippen LogP contribution in [0.5, 0.6) is 0 Å². The maximum atomic E-state index is 12.8. The maximum absolute atomic E-state index is 12.8. The number of rotatable bonds is 7. The van der Waals surface area contributed by atoms with Crippen molar-refractivity contribution in [2.75, 3.05) is 5.75 Å². The van der Waals surface area contributed by atoms with Gasteiger partial charge in [0, 0.05) is 47.5 Å². The zero-order valence-corrected chi connectivity index (χ0v) is 16.7. The zero-order valence-electron chi connectivity index (χ0n) is 15.8. The van der Waals surface area contributed by atoms with Crippen molar-refractivity contribution in [2.24, 2.45) is 0 Å². The Labute approximate surface area is 163 Å². The van der Waals surface area contributed by atoms with E-state index in [0.717, 1.165) is 34.3 Å². The van der Waals surface area contributed by atoms with E-state index >= 15 is 0 Å². The third-order valence-corrected chi connectivity index (χ3v) is 5.97. The van der Waals surface area contributed by atoms with Crippen LogP contribution >= 0.6 is 11.8 Å². The number of aromatic nitrogens is 5. The van der Waals surface area contributed by atoms with Gasteiger partial charge in [0.1, 0.15) is 0 Å². The highest BCUT2D eigenvalue weighted by molar-refractivity contribution is 7.99. The molecule has 4 rings (SSSR count). The van der Waals surface area contributed by atoms with Crippen molar-refractivity contribution in [3.05, 3.63) is 47.5 Å². The maximum Gasteiger partial charge on any atom is 0.191 e. The highest BCUT2D eigenvalue weighted by Gasteiger charge is 2.28. The largest absolute Gasteiger partial charge is 0.345 e. The van der Waals surface area contributed by atoms with Gasteiger partial charge in [-0.25, -0.2) is 0 Å². The van der Waals surface area contributed by atoms with Gasteiger partial charge < -0.3 is 9.13 Å². The monoisotopic (exact) mass is 381 g/mol. The van der Waals surface area contributed by atoms with Gasteiger partial charge >= 0.3 is 0 Å². The summed E-state index contributed by atoms with van der Waals surface area (Å²) in [5.41, 5.74) is 4.09. The third kappa shape index (κ3) is 3.43. The van der Waals surface area contributed by atoms with Gasteiger partial charge in [-0.15, -0.1) is 10.2 Å². The van der Waals surface area contributed by atoms with Crippen LogP contribution in [-0.4, -0.2) is 35.9 Å². The minimum absolute atomic E-state index is 0.149. The summed E-state index contributed by atoms with van der Waals surface area (Å²) in [6, 6.07) is 6.46. The van der Waals surface area contributed by atoms with Gasteiger partial charge in [-0.2, -0.15) is 0 Å². The number of hydrogen-bond donors (Lipinski definition) is 0. The molecule has 0 unspecified atom stereocenters. The van der Waals surface area contributed by atoms with Crippen molar-refractivity contribution in [1.82, 2.24) is 24.3 Å². The van der Waals surface area contributed by atoms with Gasteiger partial charge in [0.05, 0.1) is 5.75 Å². The van der Waals surface area contributed by atoms with Crippen LogP contribution in [0.25, 0.3) is 11.4 Å². The van der Waals surface area contributed by atoms with E-state index in [1.165, 1.54) is 30.3 Å². The lowest BCUT2D eigenvalue weighted by atomic mass is 10.2. The number of carbonyl (C=O) groups excluding carboxylic acids is 1. The topological polar surface area (TPSA) is 65.6 Å². The second-order valence-electron chi connectivity index (χ2n) is 6.88. The summed E-state index contributed by atoms with van der Waals surface area (Å²) in [4.78, 5) is 16.9. The fourth-order valence-electron chi connectivity index (χ4n) is 3.56. The zero-order chi connectivity index (χ0) is 19.0. The first-order chi connectivity index (χ1) is 13.1. The van der Waals surface area contributed by atoms with Crippen molar-refractivity contribution >= 4 is 17.5 Å². The molecule has 0 N–H and O–H groups in total. The first-order valence-corrected chi connectivity index (χ1v) is 10.3. The molecule has 1 aliphatic rings. The van der Waals surface area contributed by atoms with E-state index in [1.54, 1.807) is 12.4 Å². The SMILES string of the molecule is CCn1c(SCC(=O)c2cc(C)n(C3CC3)c2C)nnc1-c1ccncc1. The standard InChI is InChI=1S/C20H23N5OS/c1-4-24-19(15-7-9-21-10-8-15)22-23-20(24)27-12-18(26)17-11-13(2)25(14(17)3)16-5-6-16/h7-11,16H,4-6,12H2,1-3H3. The smallest absolute Gasteiger partial charge is 0.191 e. The number of hydrogen-bond acceptors (Lipinski definition) is 5. The Morgan fingerprint density at radius 1 is 1.22 bits per heavy atom. The van der Waals surface area contributed by atoms with Crippen LogP contribution in [0.4, 0.5) is 0 Å². The number of thioether (sulfide) groups is 1. The van der Waals surface area contributed by atoms with Crippen molar-refractivity contribution in [3.8, 4) is 11.4 Å². The van der Waals surface area contributed by atoms with Crippen LogP contribution < -0.4 is 0 Å². The van der Waals surface area contributed by atoms with Crippen molar-refractivity contribution < 1.29 is 4.79 Å². The Balaban J connectivity index is 1.52. The first-order valence-electron chi connectivity index (χ1n) is 9.28. The summed E-state index contributed by atoms with van der Waals surface area (Å²) >= 11 is 1.45. The fourth-order valence-corrected chi connectivity index (χ4v) is 4.44. The predicted octanol–water partition coefficient (Wildman–Crippen LogP) is 4.09. The summed E-state index contributed by atoms with van der Waals surface area (Å²) < 4.78 is 4.36. The molecule has 3 aromatic rings. The molecule has 1 fully saturated rings. The highest BCUT2D eigenvalue weighted by Crippen LogP contribution is 2.38. The molecule has 0 bridgehead atoms. The van der Waals surface area contributed by atoms with E-state index in [-0.39, 0.29) is 5.78 Å². The molecule has 0 atom stereocenters. The molecule has 0 aliphatic heterocycles.